The van der Waals surface area contributed by atoms with Gasteiger partial charge in [0.2, 0.25) is 0 Å². The fourth-order valence-corrected chi connectivity index (χ4v) is 1.61. The van der Waals surface area contributed by atoms with E-state index in [9.17, 15) is 9.90 Å². The molecule has 0 fully saturated rings. The zero-order chi connectivity index (χ0) is 10.0. The van der Waals surface area contributed by atoms with Crippen molar-refractivity contribution in [2.24, 2.45) is 0 Å². The summed E-state index contributed by atoms with van der Waals surface area (Å²) in [6.45, 7) is 0. The number of aliphatic carboxylic acids is 1. The lowest BCUT2D eigenvalue weighted by Gasteiger charge is -2.06. The van der Waals surface area contributed by atoms with Crippen LogP contribution in [0.25, 0.3) is 0 Å². The second-order valence-electron chi connectivity index (χ2n) is 2.41. The molecular weight excluding hydrogens is 351 g/mol. The SMILES string of the molecule is O=C(O)C(O)c1ccc(Br)c(I)c1. The summed E-state index contributed by atoms with van der Waals surface area (Å²) in [5.41, 5.74) is 0.389. The van der Waals surface area contributed by atoms with E-state index >= 15 is 0 Å². The zero-order valence-corrected chi connectivity index (χ0v) is 10.1. The Balaban J connectivity index is 3.03. The minimum atomic E-state index is -1.44. The number of halogens is 2. The molecule has 0 spiro atoms. The molecule has 0 aromatic heterocycles. The third-order valence-electron chi connectivity index (χ3n) is 1.49. The van der Waals surface area contributed by atoms with Crippen molar-refractivity contribution in [2.45, 2.75) is 6.10 Å². The van der Waals surface area contributed by atoms with E-state index in [1.54, 1.807) is 18.2 Å². The number of aliphatic hydroxyl groups excluding tert-OH is 1. The minimum Gasteiger partial charge on any atom is -0.479 e. The van der Waals surface area contributed by atoms with Crippen LogP contribution in [-0.2, 0) is 4.79 Å². The van der Waals surface area contributed by atoms with Crippen molar-refractivity contribution < 1.29 is 15.0 Å². The van der Waals surface area contributed by atoms with Crippen LogP contribution in [0.2, 0.25) is 0 Å². The van der Waals surface area contributed by atoms with E-state index in [-0.39, 0.29) is 0 Å². The molecule has 0 aliphatic heterocycles. The van der Waals surface area contributed by atoms with Crippen LogP contribution >= 0.6 is 38.5 Å². The Kier molecular flexibility index (Phi) is 3.69. The van der Waals surface area contributed by atoms with Crippen LogP contribution in [0.4, 0.5) is 0 Å². The Labute approximate surface area is 97.0 Å². The van der Waals surface area contributed by atoms with Crippen LogP contribution in [-0.4, -0.2) is 16.2 Å². The van der Waals surface area contributed by atoms with Crippen molar-refractivity contribution >= 4 is 44.5 Å². The monoisotopic (exact) mass is 356 g/mol. The van der Waals surface area contributed by atoms with E-state index in [4.69, 9.17) is 5.11 Å². The molecule has 0 heterocycles. The highest BCUT2D eigenvalue weighted by atomic mass is 127. The lowest BCUT2D eigenvalue weighted by atomic mass is 10.1. The maximum atomic E-state index is 10.4. The summed E-state index contributed by atoms with van der Waals surface area (Å²) in [5.74, 6) is -1.24. The van der Waals surface area contributed by atoms with Crippen molar-refractivity contribution in [2.75, 3.05) is 0 Å². The second kappa shape index (κ2) is 4.39. The number of carbonyl (C=O) groups is 1. The number of hydrogen-bond acceptors (Lipinski definition) is 2. The molecule has 0 radical (unpaired) electrons. The van der Waals surface area contributed by atoms with Crippen molar-refractivity contribution in [1.82, 2.24) is 0 Å². The first-order valence-electron chi connectivity index (χ1n) is 3.38. The first-order valence-corrected chi connectivity index (χ1v) is 5.25. The summed E-state index contributed by atoms with van der Waals surface area (Å²) >= 11 is 5.33. The van der Waals surface area contributed by atoms with Crippen molar-refractivity contribution in [3.63, 3.8) is 0 Å². The van der Waals surface area contributed by atoms with Gasteiger partial charge in [0.25, 0.3) is 0 Å². The summed E-state index contributed by atoms with van der Waals surface area (Å²) in [4.78, 5) is 10.4. The Morgan fingerprint density at radius 3 is 2.62 bits per heavy atom. The average Bonchev–Trinajstić information content (AvgIpc) is 2.08. The molecule has 1 unspecified atom stereocenters. The lowest BCUT2D eigenvalue weighted by Crippen LogP contribution is -2.10. The highest BCUT2D eigenvalue weighted by Crippen LogP contribution is 2.23. The van der Waals surface area contributed by atoms with Gasteiger partial charge in [0.1, 0.15) is 0 Å². The van der Waals surface area contributed by atoms with Gasteiger partial charge in [-0.05, 0) is 56.2 Å². The first kappa shape index (κ1) is 10.9. The molecule has 1 atom stereocenters. The summed E-state index contributed by atoms with van der Waals surface area (Å²) < 4.78 is 1.75. The van der Waals surface area contributed by atoms with Crippen LogP contribution in [0.1, 0.15) is 11.7 Å². The maximum Gasteiger partial charge on any atom is 0.337 e. The number of carboxylic acids is 1. The largest absolute Gasteiger partial charge is 0.479 e. The Bertz CT molecular complexity index is 340. The molecule has 2 N–H and O–H groups in total. The Morgan fingerprint density at radius 2 is 2.15 bits per heavy atom. The summed E-state index contributed by atoms with van der Waals surface area (Å²) in [6, 6.07) is 4.91. The van der Waals surface area contributed by atoms with Crippen LogP contribution in [0.15, 0.2) is 22.7 Å². The second-order valence-corrected chi connectivity index (χ2v) is 4.43. The van der Waals surface area contributed by atoms with Crippen LogP contribution in [0.3, 0.4) is 0 Å². The predicted molar refractivity (Wildman–Crippen MR) is 59.5 cm³/mol. The molecule has 13 heavy (non-hydrogen) atoms. The molecule has 0 bridgehead atoms. The van der Waals surface area contributed by atoms with Crippen LogP contribution in [0, 0.1) is 3.57 Å². The minimum absolute atomic E-state index is 0.389. The molecule has 0 saturated carbocycles. The molecule has 0 aliphatic carbocycles. The van der Waals surface area contributed by atoms with Gasteiger partial charge in [-0.15, -0.1) is 0 Å². The molecule has 0 aliphatic rings. The number of rotatable bonds is 2. The molecule has 0 saturated heterocycles. The van der Waals surface area contributed by atoms with Gasteiger partial charge >= 0.3 is 5.97 Å². The zero-order valence-electron chi connectivity index (χ0n) is 6.37. The molecular formula is C8H6BrIO3. The van der Waals surface area contributed by atoms with Gasteiger partial charge < -0.3 is 10.2 Å². The number of hydrogen-bond donors (Lipinski definition) is 2. The predicted octanol–water partition coefficient (Wildman–Crippen LogP) is 2.17. The molecule has 70 valence electrons. The first-order chi connectivity index (χ1) is 6.02. The van der Waals surface area contributed by atoms with Crippen molar-refractivity contribution in [3.8, 4) is 0 Å². The quantitative estimate of drug-likeness (QED) is 0.798. The highest BCUT2D eigenvalue weighted by Gasteiger charge is 2.16. The fraction of sp³-hybridized carbons (Fsp3) is 0.125. The van der Waals surface area contributed by atoms with E-state index < -0.39 is 12.1 Å². The Hall–Kier alpha value is -0.140. The normalized spacial score (nSPS) is 12.5. The maximum absolute atomic E-state index is 10.4. The summed E-state index contributed by atoms with van der Waals surface area (Å²) in [7, 11) is 0. The highest BCUT2D eigenvalue weighted by molar-refractivity contribution is 14.1. The van der Waals surface area contributed by atoms with Crippen LogP contribution < -0.4 is 0 Å². The standard InChI is InChI=1S/C8H6BrIO3/c9-5-2-1-4(3-6(5)10)7(11)8(12)13/h1-3,7,11H,(H,12,13). The third kappa shape index (κ3) is 2.65. The van der Waals surface area contributed by atoms with Gasteiger partial charge in [-0.3, -0.25) is 0 Å². The molecule has 5 heteroatoms. The van der Waals surface area contributed by atoms with Gasteiger partial charge in [-0.25, -0.2) is 4.79 Å². The smallest absolute Gasteiger partial charge is 0.337 e. The number of benzene rings is 1. The van der Waals surface area contributed by atoms with E-state index in [2.05, 4.69) is 38.5 Å². The molecule has 0 amide bonds. The third-order valence-corrected chi connectivity index (χ3v) is 3.82. The summed E-state index contributed by atoms with van der Waals surface area (Å²) in [5, 5.41) is 17.7. The van der Waals surface area contributed by atoms with Gasteiger partial charge in [0, 0.05) is 8.04 Å². The van der Waals surface area contributed by atoms with Crippen LogP contribution in [0.5, 0.6) is 0 Å². The fourth-order valence-electron chi connectivity index (χ4n) is 0.825. The topological polar surface area (TPSA) is 57.5 Å². The number of aliphatic hydroxyl groups is 1. The molecule has 1 aromatic rings. The van der Waals surface area contributed by atoms with Gasteiger partial charge in [0.15, 0.2) is 6.10 Å². The summed E-state index contributed by atoms with van der Waals surface area (Å²) in [6.07, 6.45) is -1.44. The molecule has 1 aromatic carbocycles. The van der Waals surface area contributed by atoms with Crippen molar-refractivity contribution in [1.29, 1.82) is 0 Å². The average molecular weight is 357 g/mol. The number of carboxylic acid groups (broad SMARTS) is 1. The van der Waals surface area contributed by atoms with E-state index in [1.807, 2.05) is 0 Å². The van der Waals surface area contributed by atoms with Gasteiger partial charge in [-0.1, -0.05) is 6.07 Å². The van der Waals surface area contributed by atoms with E-state index in [0.29, 0.717) is 5.56 Å². The molecule has 1 rings (SSSR count). The van der Waals surface area contributed by atoms with Crippen molar-refractivity contribution in [3.05, 3.63) is 31.8 Å². The van der Waals surface area contributed by atoms with E-state index in [1.165, 1.54) is 0 Å². The van der Waals surface area contributed by atoms with Gasteiger partial charge in [0.05, 0.1) is 0 Å². The van der Waals surface area contributed by atoms with E-state index in [0.717, 1.165) is 8.04 Å². The van der Waals surface area contributed by atoms with Gasteiger partial charge in [-0.2, -0.15) is 0 Å². The lowest BCUT2D eigenvalue weighted by molar-refractivity contribution is -0.146. The Morgan fingerprint density at radius 1 is 1.54 bits per heavy atom. The molecule has 3 nitrogen and oxygen atoms in total.